The lowest BCUT2D eigenvalue weighted by Gasteiger charge is -2.29. The predicted molar refractivity (Wildman–Crippen MR) is 112 cm³/mol. The third-order valence-electron chi connectivity index (χ3n) is 5.02. The summed E-state index contributed by atoms with van der Waals surface area (Å²) >= 11 is 0. The maximum absolute atomic E-state index is 12.6. The Morgan fingerprint density at radius 1 is 1.14 bits per heavy atom. The first-order valence-electron chi connectivity index (χ1n) is 10.0. The molecule has 1 aliphatic heterocycles. The third-order valence-corrected chi connectivity index (χ3v) is 5.02. The summed E-state index contributed by atoms with van der Waals surface area (Å²) in [5.74, 6) is 1.41. The molecule has 5 nitrogen and oxygen atoms in total. The summed E-state index contributed by atoms with van der Waals surface area (Å²) in [6.45, 7) is 6.08. The Kier molecular flexibility index (Phi) is 6.93. The van der Waals surface area contributed by atoms with Gasteiger partial charge in [0.05, 0.1) is 0 Å². The molecule has 1 atom stereocenters. The minimum absolute atomic E-state index is 0.145. The van der Waals surface area contributed by atoms with Crippen molar-refractivity contribution in [1.29, 1.82) is 0 Å². The zero-order valence-electron chi connectivity index (χ0n) is 17.0. The maximum atomic E-state index is 12.6. The number of nitrogens with one attached hydrogen (secondary N) is 1. The highest BCUT2D eigenvalue weighted by molar-refractivity contribution is 5.94. The molecule has 150 valence electrons. The second kappa shape index (κ2) is 9.60. The first-order valence-corrected chi connectivity index (χ1v) is 10.0. The van der Waals surface area contributed by atoms with Gasteiger partial charge >= 0.3 is 0 Å². The van der Waals surface area contributed by atoms with Crippen LogP contribution < -0.4 is 14.8 Å². The standard InChI is InChI=1S/C23H30N2O3/c1-4-22(28-21-7-5-6-17(2)16-21)23(26)24-18-8-10-19(11-9-18)27-20-12-14-25(3)15-13-20/h5-11,16,20,22H,4,12-15H2,1-3H3,(H,24,26)/t22-/m1/s1. The molecule has 2 aromatic rings. The molecule has 5 heteroatoms. The van der Waals surface area contributed by atoms with Crippen LogP contribution in [-0.2, 0) is 4.79 Å². The van der Waals surface area contributed by atoms with Crippen LogP contribution >= 0.6 is 0 Å². The van der Waals surface area contributed by atoms with Crippen LogP contribution in [0.5, 0.6) is 11.5 Å². The van der Waals surface area contributed by atoms with Crippen LogP contribution in [0.25, 0.3) is 0 Å². The molecule has 0 unspecified atom stereocenters. The fourth-order valence-electron chi connectivity index (χ4n) is 3.31. The van der Waals surface area contributed by atoms with Gasteiger partial charge in [-0.15, -0.1) is 0 Å². The Balaban J connectivity index is 1.54. The first-order chi connectivity index (χ1) is 13.5. The van der Waals surface area contributed by atoms with Gasteiger partial charge in [0.1, 0.15) is 17.6 Å². The maximum Gasteiger partial charge on any atom is 0.265 e. The van der Waals surface area contributed by atoms with Crippen molar-refractivity contribution in [2.24, 2.45) is 0 Å². The highest BCUT2D eigenvalue weighted by atomic mass is 16.5. The molecule has 0 aliphatic carbocycles. The van der Waals surface area contributed by atoms with Crippen LogP contribution in [0.2, 0.25) is 0 Å². The van der Waals surface area contributed by atoms with E-state index in [4.69, 9.17) is 9.47 Å². The lowest BCUT2D eigenvalue weighted by atomic mass is 10.1. The van der Waals surface area contributed by atoms with Crippen molar-refractivity contribution in [3.8, 4) is 11.5 Å². The van der Waals surface area contributed by atoms with Gasteiger partial charge in [0.15, 0.2) is 6.10 Å². The largest absolute Gasteiger partial charge is 0.490 e. The monoisotopic (exact) mass is 382 g/mol. The van der Waals surface area contributed by atoms with Crippen molar-refractivity contribution in [2.45, 2.75) is 45.3 Å². The van der Waals surface area contributed by atoms with Gasteiger partial charge in [0.25, 0.3) is 5.91 Å². The number of benzene rings is 2. The molecule has 28 heavy (non-hydrogen) atoms. The van der Waals surface area contributed by atoms with E-state index in [9.17, 15) is 4.79 Å². The summed E-state index contributed by atoms with van der Waals surface area (Å²) in [7, 11) is 2.14. The number of ether oxygens (including phenoxy) is 2. The average molecular weight is 383 g/mol. The molecule has 2 aromatic carbocycles. The van der Waals surface area contributed by atoms with Gasteiger partial charge < -0.3 is 19.7 Å². The van der Waals surface area contributed by atoms with Gasteiger partial charge in [-0.25, -0.2) is 0 Å². The molecule has 1 heterocycles. The summed E-state index contributed by atoms with van der Waals surface area (Å²) in [5, 5.41) is 2.94. The van der Waals surface area contributed by atoms with E-state index < -0.39 is 6.10 Å². The molecular formula is C23H30N2O3. The highest BCUT2D eigenvalue weighted by Gasteiger charge is 2.20. The van der Waals surface area contributed by atoms with Crippen LogP contribution in [0.1, 0.15) is 31.7 Å². The summed E-state index contributed by atoms with van der Waals surface area (Å²) in [5.41, 5.74) is 1.85. The van der Waals surface area contributed by atoms with Crippen molar-refractivity contribution in [1.82, 2.24) is 4.90 Å². The number of nitrogens with zero attached hydrogens (tertiary/aromatic N) is 1. The molecule has 1 aliphatic rings. The second-order valence-corrected chi connectivity index (χ2v) is 7.47. The highest BCUT2D eigenvalue weighted by Crippen LogP contribution is 2.21. The van der Waals surface area contributed by atoms with Crippen molar-refractivity contribution in [3.63, 3.8) is 0 Å². The lowest BCUT2D eigenvalue weighted by Crippen LogP contribution is -2.35. The molecule has 0 radical (unpaired) electrons. The summed E-state index contributed by atoms with van der Waals surface area (Å²) < 4.78 is 11.9. The first kappa shape index (κ1) is 20.2. The third kappa shape index (κ3) is 5.73. The van der Waals surface area contributed by atoms with Crippen LogP contribution in [-0.4, -0.2) is 43.2 Å². The van der Waals surface area contributed by atoms with Crippen molar-refractivity contribution in [3.05, 3.63) is 54.1 Å². The number of likely N-dealkylation sites (tertiary alicyclic amines) is 1. The van der Waals surface area contributed by atoms with Gasteiger partial charge in [0, 0.05) is 18.8 Å². The molecule has 1 fully saturated rings. The zero-order chi connectivity index (χ0) is 19.9. The molecule has 0 bridgehead atoms. The van der Waals surface area contributed by atoms with E-state index >= 15 is 0 Å². The zero-order valence-corrected chi connectivity index (χ0v) is 17.0. The van der Waals surface area contributed by atoms with Crippen molar-refractivity contribution >= 4 is 11.6 Å². The summed E-state index contributed by atoms with van der Waals surface area (Å²) in [4.78, 5) is 14.9. The number of carbonyl (C=O) groups excluding carboxylic acids is 1. The Labute approximate surface area is 167 Å². The van der Waals surface area contributed by atoms with Crippen LogP contribution in [0.15, 0.2) is 48.5 Å². The molecule has 0 aromatic heterocycles. The molecule has 0 spiro atoms. The SMILES string of the molecule is CC[C@@H](Oc1cccc(C)c1)C(=O)Nc1ccc(OC2CCN(C)CC2)cc1. The summed E-state index contributed by atoms with van der Waals surface area (Å²) in [6.07, 6.45) is 2.42. The Hall–Kier alpha value is -2.53. The minimum atomic E-state index is -0.531. The van der Waals surface area contributed by atoms with Crippen LogP contribution in [0.3, 0.4) is 0 Å². The van der Waals surface area contributed by atoms with E-state index in [2.05, 4.69) is 17.3 Å². The van der Waals surface area contributed by atoms with Gasteiger partial charge in [-0.05, 0) is 75.2 Å². The number of anilines is 1. The Morgan fingerprint density at radius 3 is 2.50 bits per heavy atom. The fraction of sp³-hybridized carbons (Fsp3) is 0.435. The fourth-order valence-corrected chi connectivity index (χ4v) is 3.31. The van der Waals surface area contributed by atoms with Crippen LogP contribution in [0, 0.1) is 6.92 Å². The Bertz CT molecular complexity index is 768. The van der Waals surface area contributed by atoms with E-state index in [1.165, 1.54) is 0 Å². The van der Waals surface area contributed by atoms with Gasteiger partial charge in [0.2, 0.25) is 0 Å². The normalized spacial score (nSPS) is 16.4. The number of rotatable bonds is 7. The number of hydrogen-bond donors (Lipinski definition) is 1. The number of hydrogen-bond acceptors (Lipinski definition) is 4. The molecule has 1 N–H and O–H groups in total. The molecular weight excluding hydrogens is 352 g/mol. The molecule has 3 rings (SSSR count). The smallest absolute Gasteiger partial charge is 0.265 e. The predicted octanol–water partition coefficient (Wildman–Crippen LogP) is 4.26. The Morgan fingerprint density at radius 2 is 1.86 bits per heavy atom. The molecule has 0 saturated carbocycles. The number of amides is 1. The quantitative estimate of drug-likeness (QED) is 0.777. The van der Waals surface area contributed by atoms with E-state index in [0.29, 0.717) is 12.2 Å². The second-order valence-electron chi connectivity index (χ2n) is 7.47. The molecule has 1 amide bonds. The number of carbonyl (C=O) groups is 1. The minimum Gasteiger partial charge on any atom is -0.490 e. The molecule has 1 saturated heterocycles. The van der Waals surface area contributed by atoms with E-state index in [1.54, 1.807) is 0 Å². The summed E-state index contributed by atoms with van der Waals surface area (Å²) in [6, 6.07) is 15.3. The topological polar surface area (TPSA) is 50.8 Å². The van der Waals surface area contributed by atoms with E-state index in [-0.39, 0.29) is 12.0 Å². The number of aryl methyl sites for hydroxylation is 1. The van der Waals surface area contributed by atoms with Crippen molar-refractivity contribution in [2.75, 3.05) is 25.5 Å². The van der Waals surface area contributed by atoms with Gasteiger partial charge in [-0.2, -0.15) is 0 Å². The average Bonchev–Trinajstić information content (AvgIpc) is 2.69. The van der Waals surface area contributed by atoms with Gasteiger partial charge in [-0.1, -0.05) is 19.1 Å². The van der Waals surface area contributed by atoms with E-state index in [1.807, 2.05) is 62.4 Å². The van der Waals surface area contributed by atoms with Crippen LogP contribution in [0.4, 0.5) is 5.69 Å². The number of piperidine rings is 1. The van der Waals surface area contributed by atoms with Gasteiger partial charge in [-0.3, -0.25) is 4.79 Å². The van der Waals surface area contributed by atoms with E-state index in [0.717, 1.165) is 42.9 Å². The van der Waals surface area contributed by atoms with Crippen molar-refractivity contribution < 1.29 is 14.3 Å². The lowest BCUT2D eigenvalue weighted by molar-refractivity contribution is -0.122.